The molecule has 9 heteroatoms. The minimum atomic E-state index is -3.28. The Balaban J connectivity index is 1.47. The molecule has 0 aliphatic carbocycles. The molecule has 3 aliphatic heterocycles. The Bertz CT molecular complexity index is 626. The van der Waals surface area contributed by atoms with Crippen LogP contribution < -0.4 is 0 Å². The van der Waals surface area contributed by atoms with E-state index in [4.69, 9.17) is 0 Å². The molecule has 0 amide bonds. The fourth-order valence-corrected chi connectivity index (χ4v) is 6.73. The maximum Gasteiger partial charge on any atom is 0.214 e. The first-order valence-electron chi connectivity index (χ1n) is 8.96. The quantitative estimate of drug-likeness (QED) is 0.663. The van der Waals surface area contributed by atoms with Crippen molar-refractivity contribution in [2.45, 2.75) is 50.6 Å². The van der Waals surface area contributed by atoms with Crippen molar-refractivity contribution in [2.24, 2.45) is 0 Å². The summed E-state index contributed by atoms with van der Waals surface area (Å²) >= 11 is 0. The Kier molecular flexibility index (Phi) is 5.56. The van der Waals surface area contributed by atoms with Gasteiger partial charge >= 0.3 is 0 Å². The highest BCUT2D eigenvalue weighted by Crippen LogP contribution is 2.35. The van der Waals surface area contributed by atoms with E-state index in [0.717, 1.165) is 6.54 Å². The third-order valence-electron chi connectivity index (χ3n) is 5.72. The number of piperazine rings is 1. The zero-order valence-corrected chi connectivity index (χ0v) is 16.1. The summed E-state index contributed by atoms with van der Waals surface area (Å²) in [7, 11) is -6.51. The van der Waals surface area contributed by atoms with Gasteiger partial charge in [-0.05, 0) is 38.6 Å². The molecule has 3 rings (SSSR count). The molecule has 0 spiro atoms. The van der Waals surface area contributed by atoms with E-state index < -0.39 is 20.0 Å². The molecule has 2 atom stereocenters. The summed E-state index contributed by atoms with van der Waals surface area (Å²) in [6.07, 6.45) is 8.21. The summed E-state index contributed by atoms with van der Waals surface area (Å²) in [4.78, 5) is 2.53. The summed E-state index contributed by atoms with van der Waals surface area (Å²) in [6.45, 7) is 1.93. The van der Waals surface area contributed by atoms with E-state index in [1.807, 2.05) is 0 Å². The first-order valence-corrected chi connectivity index (χ1v) is 12.4. The molecular formula is C15H29N3O4S2. The Morgan fingerprint density at radius 2 is 1.38 bits per heavy atom. The largest absolute Gasteiger partial charge is 0.297 e. The van der Waals surface area contributed by atoms with Crippen molar-refractivity contribution in [2.75, 3.05) is 44.7 Å². The van der Waals surface area contributed by atoms with Crippen molar-refractivity contribution in [1.82, 2.24) is 13.5 Å². The Labute approximate surface area is 146 Å². The molecule has 3 aliphatic rings. The van der Waals surface area contributed by atoms with Crippen LogP contribution in [0.5, 0.6) is 0 Å². The number of hydrogen-bond donors (Lipinski definition) is 0. The molecule has 0 radical (unpaired) electrons. The minimum absolute atomic E-state index is 0.168. The lowest BCUT2D eigenvalue weighted by Gasteiger charge is -2.35. The first kappa shape index (κ1) is 18.6. The van der Waals surface area contributed by atoms with Crippen LogP contribution in [0.15, 0.2) is 0 Å². The summed E-state index contributed by atoms with van der Waals surface area (Å²) in [6, 6.07) is 1.34. The molecule has 0 aromatic rings. The molecular weight excluding hydrogens is 350 g/mol. The van der Waals surface area contributed by atoms with Crippen LogP contribution in [0.25, 0.3) is 0 Å². The predicted molar refractivity (Wildman–Crippen MR) is 93.8 cm³/mol. The Morgan fingerprint density at radius 1 is 0.833 bits per heavy atom. The lowest BCUT2D eigenvalue weighted by atomic mass is 10.0. The topological polar surface area (TPSA) is 78.0 Å². The molecule has 0 N–H and O–H groups in total. The molecule has 3 heterocycles. The predicted octanol–water partition coefficient (Wildman–Crippen LogP) is 0.300. The highest BCUT2D eigenvalue weighted by Gasteiger charge is 2.36. The van der Waals surface area contributed by atoms with Gasteiger partial charge in [-0.1, -0.05) is 6.42 Å². The molecule has 0 aromatic heterocycles. The van der Waals surface area contributed by atoms with Crippen molar-refractivity contribution in [1.29, 1.82) is 0 Å². The molecule has 0 aromatic carbocycles. The minimum Gasteiger partial charge on any atom is -0.297 e. The standard InChI is InChI=1S/C15H29N3O4S2/c1-23(19,20)16-9-11-17(12-10-16)24(21,22)13-3-8-18-14-4-2-5-15(18)7-6-14/h14-15H,2-13H2,1H3/t14-,15+. The van der Waals surface area contributed by atoms with E-state index in [9.17, 15) is 16.8 Å². The molecule has 7 nitrogen and oxygen atoms in total. The second kappa shape index (κ2) is 7.19. The number of nitrogens with zero attached hydrogens (tertiary/aromatic N) is 3. The molecule has 0 unspecified atom stereocenters. The maximum atomic E-state index is 12.5. The summed E-state index contributed by atoms with van der Waals surface area (Å²) < 4.78 is 50.8. The van der Waals surface area contributed by atoms with E-state index in [0.29, 0.717) is 18.5 Å². The molecule has 0 saturated carbocycles. The van der Waals surface area contributed by atoms with Gasteiger partial charge < -0.3 is 0 Å². The van der Waals surface area contributed by atoms with E-state index in [2.05, 4.69) is 4.90 Å². The van der Waals surface area contributed by atoms with Gasteiger partial charge in [-0.2, -0.15) is 8.61 Å². The first-order chi connectivity index (χ1) is 11.3. The fraction of sp³-hybridized carbons (Fsp3) is 1.00. The van der Waals surface area contributed by atoms with Crippen molar-refractivity contribution in [3.8, 4) is 0 Å². The van der Waals surface area contributed by atoms with Gasteiger partial charge in [0, 0.05) is 38.3 Å². The monoisotopic (exact) mass is 379 g/mol. The molecule has 3 saturated heterocycles. The van der Waals surface area contributed by atoms with Crippen molar-refractivity contribution in [3.05, 3.63) is 0 Å². The van der Waals surface area contributed by atoms with E-state index >= 15 is 0 Å². The van der Waals surface area contributed by atoms with Crippen LogP contribution in [0, 0.1) is 0 Å². The van der Waals surface area contributed by atoms with Crippen LogP contribution in [0.3, 0.4) is 0 Å². The van der Waals surface area contributed by atoms with Gasteiger partial charge in [0.05, 0.1) is 12.0 Å². The average molecular weight is 380 g/mol. The molecule has 140 valence electrons. The van der Waals surface area contributed by atoms with Crippen LogP contribution >= 0.6 is 0 Å². The lowest BCUT2D eigenvalue weighted by molar-refractivity contribution is 0.141. The van der Waals surface area contributed by atoms with E-state index in [1.165, 1.54) is 47.0 Å². The van der Waals surface area contributed by atoms with Gasteiger partial charge in [-0.25, -0.2) is 16.8 Å². The highest BCUT2D eigenvalue weighted by atomic mass is 32.2. The third kappa shape index (κ3) is 4.12. The number of piperidine rings is 1. The zero-order chi connectivity index (χ0) is 17.4. The summed E-state index contributed by atoms with van der Waals surface area (Å²) in [5.41, 5.74) is 0. The number of sulfonamides is 2. The molecule has 24 heavy (non-hydrogen) atoms. The van der Waals surface area contributed by atoms with Crippen molar-refractivity contribution < 1.29 is 16.8 Å². The highest BCUT2D eigenvalue weighted by molar-refractivity contribution is 7.89. The van der Waals surface area contributed by atoms with Gasteiger partial charge in [0.1, 0.15) is 0 Å². The van der Waals surface area contributed by atoms with Crippen molar-refractivity contribution >= 4 is 20.0 Å². The number of rotatable bonds is 6. The van der Waals surface area contributed by atoms with Crippen LogP contribution in [0.4, 0.5) is 0 Å². The van der Waals surface area contributed by atoms with Crippen molar-refractivity contribution in [3.63, 3.8) is 0 Å². The smallest absolute Gasteiger partial charge is 0.214 e. The number of fused-ring (bicyclic) bond motifs is 2. The van der Waals surface area contributed by atoms with Gasteiger partial charge in [0.15, 0.2) is 0 Å². The molecule has 3 fully saturated rings. The van der Waals surface area contributed by atoms with Gasteiger partial charge in [-0.15, -0.1) is 0 Å². The van der Waals surface area contributed by atoms with Gasteiger partial charge in [-0.3, -0.25) is 4.90 Å². The van der Waals surface area contributed by atoms with Crippen LogP contribution in [0.1, 0.15) is 38.5 Å². The average Bonchev–Trinajstić information content (AvgIpc) is 2.75. The lowest BCUT2D eigenvalue weighted by Crippen LogP contribution is -2.50. The second-order valence-electron chi connectivity index (χ2n) is 7.28. The van der Waals surface area contributed by atoms with Crippen LogP contribution in [-0.4, -0.2) is 87.2 Å². The van der Waals surface area contributed by atoms with Gasteiger partial charge in [0.2, 0.25) is 20.0 Å². The zero-order valence-electron chi connectivity index (χ0n) is 14.4. The fourth-order valence-electron chi connectivity index (χ4n) is 4.43. The summed E-state index contributed by atoms with van der Waals surface area (Å²) in [5.74, 6) is 0.168. The van der Waals surface area contributed by atoms with Crippen LogP contribution in [-0.2, 0) is 20.0 Å². The Hall–Kier alpha value is -0.220. The Morgan fingerprint density at radius 3 is 1.92 bits per heavy atom. The maximum absolute atomic E-state index is 12.5. The van der Waals surface area contributed by atoms with Crippen LogP contribution in [0.2, 0.25) is 0 Å². The van der Waals surface area contributed by atoms with Gasteiger partial charge in [0.25, 0.3) is 0 Å². The molecule has 2 bridgehead atoms. The van der Waals surface area contributed by atoms with E-state index in [1.54, 1.807) is 0 Å². The SMILES string of the molecule is CS(=O)(=O)N1CCN(S(=O)(=O)CCCN2[C@@H]3CCC[C@H]2CC3)CC1. The summed E-state index contributed by atoms with van der Waals surface area (Å²) in [5, 5.41) is 0. The third-order valence-corrected chi connectivity index (χ3v) is 8.98. The second-order valence-corrected chi connectivity index (χ2v) is 11.4. The normalized spacial score (nSPS) is 30.7. The van der Waals surface area contributed by atoms with E-state index in [-0.39, 0.29) is 31.9 Å². The number of hydrogen-bond acceptors (Lipinski definition) is 5.